The Morgan fingerprint density at radius 2 is 1.85 bits per heavy atom. The van der Waals surface area contributed by atoms with Gasteiger partial charge in [0.15, 0.2) is 0 Å². The fraction of sp³-hybridized carbons (Fsp3) is 0.647. The standard InChI is InChI=1S/C17H27ClN2/c1-19-17(15-8-7-9-16(18)14-15)10-13-20-11-5-3-2-4-6-12-20/h7-9,14,17,19H,2-6,10-13H2,1H3. The van der Waals surface area contributed by atoms with Gasteiger partial charge in [0.2, 0.25) is 0 Å². The van der Waals surface area contributed by atoms with Crippen LogP contribution in [0.4, 0.5) is 0 Å². The summed E-state index contributed by atoms with van der Waals surface area (Å²) in [7, 11) is 2.04. The van der Waals surface area contributed by atoms with Gasteiger partial charge in [-0.3, -0.25) is 0 Å². The maximum absolute atomic E-state index is 6.10. The van der Waals surface area contributed by atoms with Crippen LogP contribution < -0.4 is 5.32 Å². The molecule has 1 unspecified atom stereocenters. The van der Waals surface area contributed by atoms with E-state index < -0.39 is 0 Å². The summed E-state index contributed by atoms with van der Waals surface area (Å²) in [5.41, 5.74) is 1.30. The van der Waals surface area contributed by atoms with Gasteiger partial charge in [-0.05, 0) is 63.6 Å². The summed E-state index contributed by atoms with van der Waals surface area (Å²) in [6.07, 6.45) is 8.11. The van der Waals surface area contributed by atoms with E-state index in [0.717, 1.165) is 11.4 Å². The third-order valence-corrected chi connectivity index (χ3v) is 4.52. The molecule has 112 valence electrons. The molecule has 1 heterocycles. The molecule has 0 amide bonds. The molecule has 2 rings (SSSR count). The van der Waals surface area contributed by atoms with Crippen LogP contribution in [-0.2, 0) is 0 Å². The van der Waals surface area contributed by atoms with Crippen molar-refractivity contribution in [3.05, 3.63) is 34.9 Å². The minimum Gasteiger partial charge on any atom is -0.313 e. The maximum atomic E-state index is 6.10. The molecular formula is C17H27ClN2. The van der Waals surface area contributed by atoms with E-state index in [1.807, 2.05) is 19.2 Å². The summed E-state index contributed by atoms with van der Waals surface area (Å²) in [6, 6.07) is 8.63. The highest BCUT2D eigenvalue weighted by atomic mass is 35.5. The molecular weight excluding hydrogens is 268 g/mol. The maximum Gasteiger partial charge on any atom is 0.0409 e. The predicted octanol–water partition coefficient (Wildman–Crippen LogP) is 4.26. The van der Waals surface area contributed by atoms with E-state index in [1.165, 1.54) is 57.3 Å². The average Bonchev–Trinajstić information content (AvgIpc) is 2.41. The van der Waals surface area contributed by atoms with Crippen molar-refractivity contribution in [2.24, 2.45) is 0 Å². The highest BCUT2D eigenvalue weighted by Gasteiger charge is 2.13. The van der Waals surface area contributed by atoms with E-state index in [-0.39, 0.29) is 0 Å². The van der Waals surface area contributed by atoms with Crippen molar-refractivity contribution >= 4 is 11.6 Å². The van der Waals surface area contributed by atoms with Crippen LogP contribution in [0.25, 0.3) is 0 Å². The van der Waals surface area contributed by atoms with E-state index in [0.29, 0.717) is 6.04 Å². The number of hydrogen-bond donors (Lipinski definition) is 1. The first kappa shape index (κ1) is 15.8. The van der Waals surface area contributed by atoms with Crippen LogP contribution >= 0.6 is 11.6 Å². The van der Waals surface area contributed by atoms with Crippen LogP contribution in [0.15, 0.2) is 24.3 Å². The second-order valence-electron chi connectivity index (χ2n) is 5.79. The van der Waals surface area contributed by atoms with Gasteiger partial charge in [0.25, 0.3) is 0 Å². The van der Waals surface area contributed by atoms with E-state index in [9.17, 15) is 0 Å². The topological polar surface area (TPSA) is 15.3 Å². The molecule has 0 spiro atoms. The number of nitrogens with zero attached hydrogens (tertiary/aromatic N) is 1. The monoisotopic (exact) mass is 294 g/mol. The van der Waals surface area contributed by atoms with Crippen LogP contribution in [0.2, 0.25) is 5.02 Å². The SMILES string of the molecule is CNC(CCN1CCCCCCC1)c1cccc(Cl)c1. The van der Waals surface area contributed by atoms with Crippen molar-refractivity contribution in [1.29, 1.82) is 0 Å². The molecule has 1 aromatic rings. The molecule has 1 aliphatic rings. The Morgan fingerprint density at radius 1 is 1.15 bits per heavy atom. The average molecular weight is 295 g/mol. The normalized spacial score (nSPS) is 19.3. The fourth-order valence-electron chi connectivity index (χ4n) is 3.05. The van der Waals surface area contributed by atoms with E-state index in [4.69, 9.17) is 11.6 Å². The molecule has 0 saturated carbocycles. The zero-order valence-corrected chi connectivity index (χ0v) is 13.3. The van der Waals surface area contributed by atoms with Crippen molar-refractivity contribution in [2.75, 3.05) is 26.7 Å². The summed E-state index contributed by atoms with van der Waals surface area (Å²) in [6.45, 7) is 3.72. The second kappa shape index (κ2) is 8.66. The van der Waals surface area contributed by atoms with Gasteiger partial charge >= 0.3 is 0 Å². The molecule has 1 atom stereocenters. The molecule has 1 saturated heterocycles. The summed E-state index contributed by atoms with van der Waals surface area (Å²) in [5.74, 6) is 0. The van der Waals surface area contributed by atoms with Gasteiger partial charge in [0, 0.05) is 11.1 Å². The van der Waals surface area contributed by atoms with Crippen LogP contribution in [0, 0.1) is 0 Å². The lowest BCUT2D eigenvalue weighted by Crippen LogP contribution is -2.31. The van der Waals surface area contributed by atoms with Gasteiger partial charge < -0.3 is 10.2 Å². The molecule has 1 aromatic carbocycles. The first-order valence-corrected chi connectivity index (χ1v) is 8.32. The lowest BCUT2D eigenvalue weighted by molar-refractivity contribution is 0.235. The van der Waals surface area contributed by atoms with Crippen LogP contribution in [0.5, 0.6) is 0 Å². The van der Waals surface area contributed by atoms with Gasteiger partial charge in [0.05, 0.1) is 0 Å². The van der Waals surface area contributed by atoms with E-state index >= 15 is 0 Å². The molecule has 1 N–H and O–H groups in total. The molecule has 2 nitrogen and oxygen atoms in total. The summed E-state index contributed by atoms with van der Waals surface area (Å²) in [5, 5.41) is 4.26. The van der Waals surface area contributed by atoms with Gasteiger partial charge in [-0.15, -0.1) is 0 Å². The zero-order valence-electron chi connectivity index (χ0n) is 12.6. The van der Waals surface area contributed by atoms with Crippen LogP contribution in [-0.4, -0.2) is 31.6 Å². The van der Waals surface area contributed by atoms with Crippen molar-refractivity contribution in [3.63, 3.8) is 0 Å². The Balaban J connectivity index is 1.86. The number of likely N-dealkylation sites (tertiary alicyclic amines) is 1. The van der Waals surface area contributed by atoms with Crippen molar-refractivity contribution in [3.8, 4) is 0 Å². The van der Waals surface area contributed by atoms with Crippen molar-refractivity contribution < 1.29 is 0 Å². The summed E-state index contributed by atoms with van der Waals surface area (Å²) < 4.78 is 0. The lowest BCUT2D eigenvalue weighted by atomic mass is 10.0. The minimum atomic E-state index is 0.402. The number of halogens is 1. The van der Waals surface area contributed by atoms with Gasteiger partial charge in [0.1, 0.15) is 0 Å². The third-order valence-electron chi connectivity index (χ3n) is 4.28. The minimum absolute atomic E-state index is 0.402. The first-order chi connectivity index (χ1) is 9.79. The Bertz CT molecular complexity index is 386. The van der Waals surface area contributed by atoms with Gasteiger partial charge in [-0.25, -0.2) is 0 Å². The molecule has 3 heteroatoms. The predicted molar refractivity (Wildman–Crippen MR) is 87.4 cm³/mol. The Morgan fingerprint density at radius 3 is 2.50 bits per heavy atom. The number of benzene rings is 1. The summed E-state index contributed by atoms with van der Waals surface area (Å²) in [4.78, 5) is 2.63. The zero-order chi connectivity index (χ0) is 14.2. The highest BCUT2D eigenvalue weighted by molar-refractivity contribution is 6.30. The molecule has 1 fully saturated rings. The van der Waals surface area contributed by atoms with Crippen molar-refractivity contribution in [2.45, 2.75) is 44.6 Å². The first-order valence-electron chi connectivity index (χ1n) is 7.94. The largest absolute Gasteiger partial charge is 0.313 e. The summed E-state index contributed by atoms with van der Waals surface area (Å²) >= 11 is 6.10. The Labute approximate surface area is 128 Å². The van der Waals surface area contributed by atoms with E-state index in [1.54, 1.807) is 0 Å². The quantitative estimate of drug-likeness (QED) is 0.873. The second-order valence-corrected chi connectivity index (χ2v) is 6.23. The molecule has 0 radical (unpaired) electrons. The van der Waals surface area contributed by atoms with Gasteiger partial charge in [-0.1, -0.05) is 43.0 Å². The number of hydrogen-bond acceptors (Lipinski definition) is 2. The third kappa shape index (κ3) is 5.08. The highest BCUT2D eigenvalue weighted by Crippen LogP contribution is 2.21. The molecule has 0 aliphatic carbocycles. The lowest BCUT2D eigenvalue weighted by Gasteiger charge is -2.26. The Hall–Kier alpha value is -0.570. The number of rotatable bonds is 5. The number of nitrogens with one attached hydrogen (secondary N) is 1. The van der Waals surface area contributed by atoms with E-state index in [2.05, 4.69) is 22.3 Å². The molecule has 0 bridgehead atoms. The Kier molecular flexibility index (Phi) is 6.85. The molecule has 20 heavy (non-hydrogen) atoms. The van der Waals surface area contributed by atoms with Crippen molar-refractivity contribution in [1.82, 2.24) is 10.2 Å². The smallest absolute Gasteiger partial charge is 0.0409 e. The van der Waals surface area contributed by atoms with Gasteiger partial charge in [-0.2, -0.15) is 0 Å². The molecule has 0 aromatic heterocycles. The van der Waals surface area contributed by atoms with Crippen LogP contribution in [0.3, 0.4) is 0 Å². The molecule has 1 aliphatic heterocycles. The van der Waals surface area contributed by atoms with Crippen LogP contribution in [0.1, 0.15) is 50.1 Å². The fourth-order valence-corrected chi connectivity index (χ4v) is 3.25.